The second-order valence-corrected chi connectivity index (χ2v) is 8.68. The van der Waals surface area contributed by atoms with Crippen LogP contribution < -0.4 is 11.3 Å². The smallest absolute Gasteiger partial charge is 0.264 e. The van der Waals surface area contributed by atoms with Crippen LogP contribution >= 0.6 is 11.6 Å². The minimum Gasteiger partial charge on any atom is -0.383 e. The van der Waals surface area contributed by atoms with Gasteiger partial charge >= 0.3 is 0 Å². The molecule has 0 bridgehead atoms. The number of nitrogens with one attached hydrogen (secondary N) is 1. The number of fused-ring (bicyclic) bond motifs is 2. The number of benzene rings is 2. The Morgan fingerprint density at radius 3 is 2.74 bits per heavy atom. The van der Waals surface area contributed by atoms with Gasteiger partial charge in [-0.25, -0.2) is 14.6 Å². The summed E-state index contributed by atoms with van der Waals surface area (Å²) >= 11 is 6.45. The maximum Gasteiger partial charge on any atom is 0.264 e. The van der Waals surface area contributed by atoms with Crippen molar-refractivity contribution in [2.75, 3.05) is 5.73 Å². The van der Waals surface area contributed by atoms with Crippen LogP contribution in [0.2, 0.25) is 5.02 Å². The molecule has 0 unspecified atom stereocenters. The number of hydrogen-bond donors (Lipinski definition) is 2. The van der Waals surface area contributed by atoms with Gasteiger partial charge in [-0.3, -0.25) is 14.5 Å². The third kappa shape index (κ3) is 3.44. The molecular formula is C25H19ClN8O. The summed E-state index contributed by atoms with van der Waals surface area (Å²) in [6, 6.07) is 15.2. The van der Waals surface area contributed by atoms with Gasteiger partial charge in [-0.2, -0.15) is 10.2 Å². The Balaban J connectivity index is 1.63. The lowest BCUT2D eigenvalue weighted by molar-refractivity contribution is 0.672. The minimum atomic E-state index is -0.200. The first-order chi connectivity index (χ1) is 17.0. The molecule has 6 rings (SSSR count). The van der Waals surface area contributed by atoms with E-state index in [1.807, 2.05) is 49.4 Å². The molecule has 0 spiro atoms. The molecule has 35 heavy (non-hydrogen) atoms. The van der Waals surface area contributed by atoms with Gasteiger partial charge in [-0.15, -0.1) is 0 Å². The Hall–Kier alpha value is -4.50. The highest BCUT2D eigenvalue weighted by molar-refractivity contribution is 6.35. The number of aryl methyl sites for hydroxylation is 1. The molecule has 4 heterocycles. The van der Waals surface area contributed by atoms with Gasteiger partial charge < -0.3 is 5.73 Å². The fourth-order valence-corrected chi connectivity index (χ4v) is 4.68. The Kier molecular flexibility index (Phi) is 4.85. The average molecular weight is 483 g/mol. The van der Waals surface area contributed by atoms with E-state index in [9.17, 15) is 4.79 Å². The van der Waals surface area contributed by atoms with Crippen LogP contribution in [0.5, 0.6) is 0 Å². The van der Waals surface area contributed by atoms with Crippen molar-refractivity contribution in [1.29, 1.82) is 0 Å². The van der Waals surface area contributed by atoms with E-state index in [1.54, 1.807) is 27.7 Å². The van der Waals surface area contributed by atoms with Crippen molar-refractivity contribution in [3.8, 4) is 16.9 Å². The first kappa shape index (κ1) is 21.1. The van der Waals surface area contributed by atoms with Crippen LogP contribution in [0.25, 0.3) is 38.8 Å². The van der Waals surface area contributed by atoms with Crippen molar-refractivity contribution < 1.29 is 0 Å². The summed E-state index contributed by atoms with van der Waals surface area (Å²) in [6.45, 7) is 2.25. The molecule has 0 aliphatic heterocycles. The Labute approximate surface area is 203 Å². The molecule has 0 fully saturated rings. The van der Waals surface area contributed by atoms with Crippen molar-refractivity contribution in [3.63, 3.8) is 0 Å². The first-order valence-corrected chi connectivity index (χ1v) is 11.3. The molecule has 2 aromatic carbocycles. The number of nitrogen functional groups attached to an aromatic ring is 1. The van der Waals surface area contributed by atoms with E-state index in [0.29, 0.717) is 33.0 Å². The number of rotatable bonds is 4. The van der Waals surface area contributed by atoms with Crippen molar-refractivity contribution in [1.82, 2.24) is 34.5 Å². The van der Waals surface area contributed by atoms with Crippen molar-refractivity contribution in [2.24, 2.45) is 0 Å². The van der Waals surface area contributed by atoms with E-state index in [2.05, 4.69) is 20.2 Å². The summed E-state index contributed by atoms with van der Waals surface area (Å²) in [6.07, 6.45) is 4.81. The summed E-state index contributed by atoms with van der Waals surface area (Å²) in [7, 11) is 0. The molecule has 0 aliphatic carbocycles. The van der Waals surface area contributed by atoms with Gasteiger partial charge in [0.05, 0.1) is 28.5 Å². The second kappa shape index (κ2) is 8.07. The number of aromatic nitrogens is 7. The largest absolute Gasteiger partial charge is 0.383 e. The zero-order chi connectivity index (χ0) is 24.1. The molecule has 0 aliphatic rings. The Bertz CT molecular complexity index is 1790. The van der Waals surface area contributed by atoms with Crippen LogP contribution in [-0.2, 0) is 6.54 Å². The molecule has 3 N–H and O–H groups in total. The highest BCUT2D eigenvalue weighted by Crippen LogP contribution is 2.30. The van der Waals surface area contributed by atoms with E-state index in [0.717, 1.165) is 27.9 Å². The van der Waals surface area contributed by atoms with Gasteiger partial charge in [0.25, 0.3) is 5.56 Å². The third-order valence-electron chi connectivity index (χ3n) is 5.97. The lowest BCUT2D eigenvalue weighted by Crippen LogP contribution is -2.24. The topological polar surface area (TPSA) is 120 Å². The maximum atomic E-state index is 13.8. The lowest BCUT2D eigenvalue weighted by atomic mass is 10.1. The first-order valence-electron chi connectivity index (χ1n) is 10.9. The lowest BCUT2D eigenvalue weighted by Gasteiger charge is -2.16. The number of nitrogens with two attached hydrogens (primary N) is 1. The summed E-state index contributed by atoms with van der Waals surface area (Å²) in [5, 5.41) is 13.9. The molecule has 0 saturated heterocycles. The predicted octanol–water partition coefficient (Wildman–Crippen LogP) is 4.11. The number of halogens is 1. The molecule has 0 amide bonds. The normalized spacial score (nSPS) is 11.5. The van der Waals surface area contributed by atoms with E-state index in [-0.39, 0.29) is 12.1 Å². The van der Waals surface area contributed by atoms with Gasteiger partial charge in [-0.05, 0) is 42.1 Å². The maximum absolute atomic E-state index is 13.8. The SMILES string of the molecule is Cc1cccc(-n2c(Cn3nc(-c4cn[nH]c4)c4c(N)ncnc43)cc3cccc(Cl)c3c2=O)c1. The monoisotopic (exact) mass is 482 g/mol. The molecule has 4 aromatic heterocycles. The molecule has 0 saturated carbocycles. The highest BCUT2D eigenvalue weighted by Gasteiger charge is 2.20. The van der Waals surface area contributed by atoms with Crippen LogP contribution in [0.1, 0.15) is 11.3 Å². The second-order valence-electron chi connectivity index (χ2n) is 8.27. The minimum absolute atomic E-state index is 0.200. The van der Waals surface area contributed by atoms with E-state index < -0.39 is 0 Å². The van der Waals surface area contributed by atoms with Crippen molar-refractivity contribution in [2.45, 2.75) is 13.5 Å². The van der Waals surface area contributed by atoms with Gasteiger partial charge in [0.1, 0.15) is 17.8 Å². The standard InChI is InChI=1S/C25H19ClN8O/c1-14-4-2-6-17(8-14)34-18(9-15-5-3-7-19(26)20(15)25(34)35)12-33-24-21(23(27)28-13-29-24)22(32-33)16-10-30-31-11-16/h2-11,13H,12H2,1H3,(H,30,31)(H2,27,28,29). The number of aromatic amines is 1. The van der Waals surface area contributed by atoms with Crippen molar-refractivity contribution in [3.05, 3.63) is 93.9 Å². The molecular weight excluding hydrogens is 464 g/mol. The zero-order valence-corrected chi connectivity index (χ0v) is 19.4. The van der Waals surface area contributed by atoms with Gasteiger partial charge in [0.15, 0.2) is 5.65 Å². The highest BCUT2D eigenvalue weighted by atomic mass is 35.5. The molecule has 10 heteroatoms. The summed E-state index contributed by atoms with van der Waals surface area (Å²) in [5.74, 6) is 0.318. The number of H-pyrrole nitrogens is 1. The summed E-state index contributed by atoms with van der Waals surface area (Å²) in [4.78, 5) is 22.4. The van der Waals surface area contributed by atoms with Crippen molar-refractivity contribution >= 4 is 39.2 Å². The van der Waals surface area contributed by atoms with Gasteiger partial charge in [0.2, 0.25) is 0 Å². The van der Waals surface area contributed by atoms with Crippen LogP contribution in [-0.4, -0.2) is 34.5 Å². The molecule has 9 nitrogen and oxygen atoms in total. The third-order valence-corrected chi connectivity index (χ3v) is 6.29. The van der Waals surface area contributed by atoms with Crippen LogP contribution in [0.15, 0.2) is 72.0 Å². The number of pyridine rings is 1. The quantitative estimate of drug-likeness (QED) is 0.390. The fourth-order valence-electron chi connectivity index (χ4n) is 4.42. The van der Waals surface area contributed by atoms with Crippen LogP contribution in [0, 0.1) is 6.92 Å². The average Bonchev–Trinajstić information content (AvgIpc) is 3.48. The van der Waals surface area contributed by atoms with Gasteiger partial charge in [0, 0.05) is 23.1 Å². The van der Waals surface area contributed by atoms with E-state index >= 15 is 0 Å². The number of anilines is 1. The Morgan fingerprint density at radius 2 is 1.94 bits per heavy atom. The Morgan fingerprint density at radius 1 is 1.09 bits per heavy atom. The summed E-state index contributed by atoms with van der Waals surface area (Å²) < 4.78 is 3.41. The molecule has 0 atom stereocenters. The molecule has 0 radical (unpaired) electrons. The fraction of sp³-hybridized carbons (Fsp3) is 0.0800. The number of hydrogen-bond acceptors (Lipinski definition) is 6. The predicted molar refractivity (Wildman–Crippen MR) is 136 cm³/mol. The zero-order valence-electron chi connectivity index (χ0n) is 18.6. The van der Waals surface area contributed by atoms with E-state index in [4.69, 9.17) is 22.4 Å². The summed E-state index contributed by atoms with van der Waals surface area (Å²) in [5.41, 5.74) is 10.4. The molecule has 6 aromatic rings. The van der Waals surface area contributed by atoms with E-state index in [1.165, 1.54) is 6.33 Å². The van der Waals surface area contributed by atoms with Crippen LogP contribution in [0.3, 0.4) is 0 Å². The van der Waals surface area contributed by atoms with Gasteiger partial charge in [-0.1, -0.05) is 35.9 Å². The van der Waals surface area contributed by atoms with Crippen LogP contribution in [0.4, 0.5) is 5.82 Å². The molecule has 172 valence electrons. The number of nitrogens with zero attached hydrogens (tertiary/aromatic N) is 6.